The first-order chi connectivity index (χ1) is 10.3. The maximum atomic E-state index is 11.8. The molecular formula is C17H21ClN2O2. The fourth-order valence-electron chi connectivity index (χ4n) is 2.02. The SMILES string of the molecule is Cl.NCC(Cc1ccccc1)NC(=O)OCc1ccccc1. The van der Waals surface area contributed by atoms with Gasteiger partial charge in [0.1, 0.15) is 6.61 Å². The van der Waals surface area contributed by atoms with Crippen molar-refractivity contribution < 1.29 is 9.53 Å². The Morgan fingerprint density at radius 3 is 2.09 bits per heavy atom. The van der Waals surface area contributed by atoms with Crippen molar-refractivity contribution in [2.75, 3.05) is 6.54 Å². The summed E-state index contributed by atoms with van der Waals surface area (Å²) in [5, 5.41) is 2.80. The van der Waals surface area contributed by atoms with Gasteiger partial charge in [-0.2, -0.15) is 0 Å². The van der Waals surface area contributed by atoms with Gasteiger partial charge in [-0.05, 0) is 17.5 Å². The number of nitrogens with two attached hydrogens (primary N) is 1. The summed E-state index contributed by atoms with van der Waals surface area (Å²) in [6.07, 6.45) is 0.253. The summed E-state index contributed by atoms with van der Waals surface area (Å²) in [4.78, 5) is 11.8. The van der Waals surface area contributed by atoms with Crippen molar-refractivity contribution in [1.29, 1.82) is 0 Å². The van der Waals surface area contributed by atoms with E-state index in [0.717, 1.165) is 11.1 Å². The molecule has 0 aliphatic heterocycles. The molecule has 0 fully saturated rings. The summed E-state index contributed by atoms with van der Waals surface area (Å²) in [6, 6.07) is 19.4. The number of hydrogen-bond acceptors (Lipinski definition) is 3. The minimum absolute atomic E-state index is 0. The zero-order valence-corrected chi connectivity index (χ0v) is 13.1. The highest BCUT2D eigenvalue weighted by Crippen LogP contribution is 2.04. The molecule has 0 saturated heterocycles. The van der Waals surface area contributed by atoms with Gasteiger partial charge in [0.2, 0.25) is 0 Å². The van der Waals surface area contributed by atoms with Crippen molar-refractivity contribution in [2.24, 2.45) is 5.73 Å². The highest BCUT2D eigenvalue weighted by atomic mass is 35.5. The third-order valence-electron chi connectivity index (χ3n) is 3.14. The van der Waals surface area contributed by atoms with Crippen molar-refractivity contribution in [1.82, 2.24) is 5.32 Å². The molecule has 0 aliphatic rings. The molecule has 0 heterocycles. The van der Waals surface area contributed by atoms with Gasteiger partial charge in [-0.15, -0.1) is 12.4 Å². The van der Waals surface area contributed by atoms with Crippen LogP contribution in [0.5, 0.6) is 0 Å². The van der Waals surface area contributed by atoms with Crippen LogP contribution in [-0.4, -0.2) is 18.7 Å². The summed E-state index contributed by atoms with van der Waals surface area (Å²) >= 11 is 0. The zero-order valence-electron chi connectivity index (χ0n) is 12.3. The van der Waals surface area contributed by atoms with E-state index in [9.17, 15) is 4.79 Å². The van der Waals surface area contributed by atoms with Crippen LogP contribution in [0.2, 0.25) is 0 Å². The lowest BCUT2D eigenvalue weighted by Crippen LogP contribution is -2.41. The first-order valence-electron chi connectivity index (χ1n) is 6.99. The van der Waals surface area contributed by atoms with Crippen LogP contribution in [0.15, 0.2) is 60.7 Å². The second kappa shape index (κ2) is 9.82. The minimum Gasteiger partial charge on any atom is -0.445 e. The van der Waals surface area contributed by atoms with E-state index in [4.69, 9.17) is 10.5 Å². The molecule has 118 valence electrons. The van der Waals surface area contributed by atoms with Crippen LogP contribution >= 0.6 is 12.4 Å². The van der Waals surface area contributed by atoms with Gasteiger partial charge in [-0.25, -0.2) is 4.79 Å². The normalized spacial score (nSPS) is 11.1. The molecule has 0 aromatic heterocycles. The first-order valence-corrected chi connectivity index (χ1v) is 6.99. The first kappa shape index (κ1) is 18.0. The van der Waals surface area contributed by atoms with Gasteiger partial charge in [-0.3, -0.25) is 0 Å². The monoisotopic (exact) mass is 320 g/mol. The van der Waals surface area contributed by atoms with E-state index in [1.54, 1.807) is 0 Å². The smallest absolute Gasteiger partial charge is 0.407 e. The molecule has 2 aromatic carbocycles. The largest absolute Gasteiger partial charge is 0.445 e. The van der Waals surface area contributed by atoms with E-state index in [-0.39, 0.29) is 25.1 Å². The second-order valence-corrected chi connectivity index (χ2v) is 4.83. The van der Waals surface area contributed by atoms with E-state index in [1.165, 1.54) is 0 Å². The van der Waals surface area contributed by atoms with E-state index >= 15 is 0 Å². The maximum Gasteiger partial charge on any atom is 0.407 e. The lowest BCUT2D eigenvalue weighted by atomic mass is 10.1. The summed E-state index contributed by atoms with van der Waals surface area (Å²) in [5.41, 5.74) is 7.80. The Morgan fingerprint density at radius 2 is 1.55 bits per heavy atom. The number of alkyl carbamates (subject to hydrolysis) is 1. The van der Waals surface area contributed by atoms with E-state index in [0.29, 0.717) is 13.0 Å². The van der Waals surface area contributed by atoms with E-state index < -0.39 is 6.09 Å². The minimum atomic E-state index is -0.440. The Hall–Kier alpha value is -2.04. The van der Waals surface area contributed by atoms with Gasteiger partial charge in [-0.1, -0.05) is 60.7 Å². The van der Waals surface area contributed by atoms with Crippen molar-refractivity contribution in [3.63, 3.8) is 0 Å². The molecule has 0 spiro atoms. The fraction of sp³-hybridized carbons (Fsp3) is 0.235. The van der Waals surface area contributed by atoms with Gasteiger partial charge < -0.3 is 15.8 Å². The van der Waals surface area contributed by atoms with Crippen molar-refractivity contribution in [3.05, 3.63) is 71.8 Å². The third kappa shape index (κ3) is 6.16. The lowest BCUT2D eigenvalue weighted by Gasteiger charge is -2.16. The molecule has 1 unspecified atom stereocenters. The van der Waals surface area contributed by atoms with Gasteiger partial charge in [0.05, 0.1) is 0 Å². The standard InChI is InChI=1S/C17H20N2O2.ClH/c18-12-16(11-14-7-3-1-4-8-14)19-17(20)21-13-15-9-5-2-6-10-15;/h1-10,16H,11-13,18H2,(H,19,20);1H. The Labute approximate surface area is 137 Å². The van der Waals surface area contributed by atoms with E-state index in [1.807, 2.05) is 60.7 Å². The van der Waals surface area contributed by atoms with Crippen molar-refractivity contribution >= 4 is 18.5 Å². The molecule has 1 atom stereocenters. The van der Waals surface area contributed by atoms with Crippen LogP contribution in [0.3, 0.4) is 0 Å². The average molecular weight is 321 g/mol. The number of amides is 1. The number of carbonyl (C=O) groups is 1. The van der Waals surface area contributed by atoms with Crippen LogP contribution in [-0.2, 0) is 17.8 Å². The number of hydrogen-bond donors (Lipinski definition) is 2. The molecule has 0 radical (unpaired) electrons. The molecule has 1 amide bonds. The third-order valence-corrected chi connectivity index (χ3v) is 3.14. The molecule has 2 rings (SSSR count). The van der Waals surface area contributed by atoms with Crippen LogP contribution < -0.4 is 11.1 Å². The molecular weight excluding hydrogens is 300 g/mol. The summed E-state index contributed by atoms with van der Waals surface area (Å²) < 4.78 is 5.19. The highest BCUT2D eigenvalue weighted by Gasteiger charge is 2.12. The average Bonchev–Trinajstić information content (AvgIpc) is 2.54. The zero-order chi connectivity index (χ0) is 14.9. The van der Waals surface area contributed by atoms with E-state index in [2.05, 4.69) is 5.32 Å². The number of halogens is 1. The number of ether oxygens (including phenoxy) is 1. The van der Waals surface area contributed by atoms with Gasteiger partial charge in [0.25, 0.3) is 0 Å². The Morgan fingerprint density at radius 1 is 1.00 bits per heavy atom. The fourth-order valence-corrected chi connectivity index (χ4v) is 2.02. The van der Waals surface area contributed by atoms with Gasteiger partial charge in [0, 0.05) is 12.6 Å². The summed E-state index contributed by atoms with van der Waals surface area (Å²) in [7, 11) is 0. The quantitative estimate of drug-likeness (QED) is 0.860. The van der Waals surface area contributed by atoms with Crippen LogP contribution in [0.4, 0.5) is 4.79 Å². The second-order valence-electron chi connectivity index (χ2n) is 4.83. The summed E-state index contributed by atoms with van der Waals surface area (Å²) in [6.45, 7) is 0.630. The molecule has 0 aliphatic carbocycles. The molecule has 0 saturated carbocycles. The molecule has 2 aromatic rings. The predicted octanol–water partition coefficient (Wildman–Crippen LogP) is 2.90. The molecule has 4 nitrogen and oxygen atoms in total. The van der Waals surface area contributed by atoms with Gasteiger partial charge in [0.15, 0.2) is 0 Å². The number of benzene rings is 2. The lowest BCUT2D eigenvalue weighted by molar-refractivity contribution is 0.136. The molecule has 22 heavy (non-hydrogen) atoms. The Balaban J connectivity index is 0.00000242. The van der Waals surface area contributed by atoms with Gasteiger partial charge >= 0.3 is 6.09 Å². The molecule has 3 N–H and O–H groups in total. The van der Waals surface area contributed by atoms with Crippen LogP contribution in [0, 0.1) is 0 Å². The maximum absolute atomic E-state index is 11.8. The summed E-state index contributed by atoms with van der Waals surface area (Å²) in [5.74, 6) is 0. The van der Waals surface area contributed by atoms with Crippen LogP contribution in [0.25, 0.3) is 0 Å². The van der Waals surface area contributed by atoms with Crippen molar-refractivity contribution in [2.45, 2.75) is 19.1 Å². The predicted molar refractivity (Wildman–Crippen MR) is 90.0 cm³/mol. The molecule has 5 heteroatoms. The Bertz CT molecular complexity index is 549. The van der Waals surface area contributed by atoms with Crippen LogP contribution in [0.1, 0.15) is 11.1 Å². The number of rotatable bonds is 6. The van der Waals surface area contributed by atoms with Crippen molar-refractivity contribution in [3.8, 4) is 0 Å². The number of nitrogens with one attached hydrogen (secondary N) is 1. The highest BCUT2D eigenvalue weighted by molar-refractivity contribution is 5.85. The molecule has 0 bridgehead atoms. The number of carbonyl (C=O) groups excluding carboxylic acids is 1. The topological polar surface area (TPSA) is 64.3 Å². The Kier molecular flexibility index (Phi) is 8.04.